The number of rotatable bonds is 9. The molecule has 230 valence electrons. The van der Waals surface area contributed by atoms with Crippen LogP contribution >= 0.6 is 11.6 Å². The third-order valence-corrected chi connectivity index (χ3v) is 8.66. The average molecular weight is 624 g/mol. The topological polar surface area (TPSA) is 147 Å². The summed E-state index contributed by atoms with van der Waals surface area (Å²) >= 11 is 6.57. The number of nitrogens with zero attached hydrogens (tertiary/aromatic N) is 2. The summed E-state index contributed by atoms with van der Waals surface area (Å²) in [6, 6.07) is 6.51. The molecule has 0 fully saturated rings. The molecule has 0 bridgehead atoms. The zero-order valence-electron chi connectivity index (χ0n) is 24.2. The molecule has 0 saturated heterocycles. The predicted octanol–water partition coefficient (Wildman–Crippen LogP) is 4.01. The van der Waals surface area contributed by atoms with E-state index in [-0.39, 0.29) is 58.9 Å². The van der Waals surface area contributed by atoms with Crippen molar-refractivity contribution in [2.24, 2.45) is 5.92 Å². The van der Waals surface area contributed by atoms with Gasteiger partial charge in [0.2, 0.25) is 24.1 Å². The number of benzene rings is 2. The fourth-order valence-electron chi connectivity index (χ4n) is 6.06. The van der Waals surface area contributed by atoms with Gasteiger partial charge < -0.3 is 38.7 Å². The number of hydrogen-bond acceptors (Lipinski definition) is 10. The summed E-state index contributed by atoms with van der Waals surface area (Å²) in [4.78, 5) is 45.3. The number of amides is 1. The van der Waals surface area contributed by atoms with Crippen LogP contribution in [0.1, 0.15) is 41.6 Å². The van der Waals surface area contributed by atoms with Gasteiger partial charge in [0.05, 0.1) is 20.5 Å². The number of aliphatic hydroxyl groups is 1. The summed E-state index contributed by atoms with van der Waals surface area (Å²) in [5.74, 6) is -2.44. The number of fused-ring (bicyclic) bond motifs is 2. The van der Waals surface area contributed by atoms with Crippen LogP contribution in [0, 0.1) is 5.92 Å². The molecule has 1 aromatic heterocycles. The molecule has 3 atom stereocenters. The van der Waals surface area contributed by atoms with Crippen LogP contribution in [0.15, 0.2) is 54.3 Å². The largest absolute Gasteiger partial charge is 0.507 e. The van der Waals surface area contributed by atoms with E-state index in [2.05, 4.69) is 10.3 Å². The SMILES string of the molecule is COc1cc(OC)c2c(c1Cl)OC1(C2=O)C(O)=C(C(CC(=O)NCCn2ccnc2)c2ccc3c(c2)OCO3)C(=O)CC1C. The smallest absolute Gasteiger partial charge is 0.231 e. The van der Waals surface area contributed by atoms with Crippen molar-refractivity contribution < 1.29 is 43.2 Å². The molecule has 44 heavy (non-hydrogen) atoms. The van der Waals surface area contributed by atoms with Gasteiger partial charge in [-0.1, -0.05) is 24.6 Å². The van der Waals surface area contributed by atoms with Gasteiger partial charge in [-0.15, -0.1) is 0 Å². The maximum absolute atomic E-state index is 14.2. The lowest BCUT2D eigenvalue weighted by Gasteiger charge is -2.38. The van der Waals surface area contributed by atoms with Crippen molar-refractivity contribution in [2.75, 3.05) is 27.6 Å². The second-order valence-corrected chi connectivity index (χ2v) is 11.2. The Hall–Kier alpha value is -4.71. The first-order valence-corrected chi connectivity index (χ1v) is 14.3. The van der Waals surface area contributed by atoms with Crippen LogP contribution in [0.2, 0.25) is 5.02 Å². The fourth-order valence-corrected chi connectivity index (χ4v) is 6.32. The molecule has 1 spiro atoms. The first-order valence-electron chi connectivity index (χ1n) is 14.0. The minimum atomic E-state index is -1.98. The molecule has 13 heteroatoms. The van der Waals surface area contributed by atoms with Gasteiger partial charge in [0.1, 0.15) is 22.1 Å². The number of carbonyl (C=O) groups is 3. The number of allylic oxidation sites excluding steroid dienone is 1. The van der Waals surface area contributed by atoms with E-state index in [0.29, 0.717) is 30.2 Å². The summed E-state index contributed by atoms with van der Waals surface area (Å²) in [5, 5.41) is 14.9. The molecule has 6 rings (SSSR count). The molecule has 2 aromatic carbocycles. The maximum atomic E-state index is 14.2. The van der Waals surface area contributed by atoms with E-state index >= 15 is 0 Å². The van der Waals surface area contributed by atoms with E-state index in [4.69, 9.17) is 35.3 Å². The zero-order chi connectivity index (χ0) is 31.2. The lowest BCUT2D eigenvalue weighted by molar-refractivity contribution is -0.121. The van der Waals surface area contributed by atoms with Crippen LogP contribution in [0.3, 0.4) is 0 Å². The van der Waals surface area contributed by atoms with Gasteiger partial charge in [0.15, 0.2) is 28.8 Å². The number of ether oxygens (including phenoxy) is 5. The molecule has 2 aliphatic heterocycles. The summed E-state index contributed by atoms with van der Waals surface area (Å²) in [7, 11) is 2.80. The molecule has 2 N–H and O–H groups in total. The van der Waals surface area contributed by atoms with Crippen molar-refractivity contribution in [1.82, 2.24) is 14.9 Å². The number of aromatic nitrogens is 2. The summed E-state index contributed by atoms with van der Waals surface area (Å²) in [5.41, 5.74) is -1.54. The Kier molecular flexibility index (Phi) is 7.62. The number of nitrogens with one attached hydrogen (secondary N) is 1. The monoisotopic (exact) mass is 623 g/mol. The summed E-state index contributed by atoms with van der Waals surface area (Å²) < 4.78 is 29.9. The summed E-state index contributed by atoms with van der Waals surface area (Å²) in [6.07, 6.45) is 4.71. The van der Waals surface area contributed by atoms with Gasteiger partial charge >= 0.3 is 0 Å². The predicted molar refractivity (Wildman–Crippen MR) is 156 cm³/mol. The van der Waals surface area contributed by atoms with Crippen LogP contribution in [0.25, 0.3) is 0 Å². The lowest BCUT2D eigenvalue weighted by Crippen LogP contribution is -2.53. The van der Waals surface area contributed by atoms with Crippen molar-refractivity contribution in [2.45, 2.75) is 37.8 Å². The highest BCUT2D eigenvalue weighted by Gasteiger charge is 2.61. The van der Waals surface area contributed by atoms with E-state index < -0.39 is 34.8 Å². The number of imidazole rings is 1. The molecule has 1 amide bonds. The van der Waals surface area contributed by atoms with Gasteiger partial charge in [-0.25, -0.2) is 4.98 Å². The number of aliphatic hydroxyl groups excluding tert-OH is 1. The number of ketones is 2. The number of halogens is 1. The van der Waals surface area contributed by atoms with E-state index in [1.807, 2.05) is 4.57 Å². The Bertz CT molecular complexity index is 1690. The Labute approximate surface area is 257 Å². The van der Waals surface area contributed by atoms with Gasteiger partial charge in [-0.05, 0) is 17.7 Å². The van der Waals surface area contributed by atoms with Crippen molar-refractivity contribution >= 4 is 29.1 Å². The quantitative estimate of drug-likeness (QED) is 0.358. The second-order valence-electron chi connectivity index (χ2n) is 10.8. The third-order valence-electron chi connectivity index (χ3n) is 8.30. The second kappa shape index (κ2) is 11.4. The minimum absolute atomic E-state index is 0.0168. The Morgan fingerprint density at radius 2 is 1.98 bits per heavy atom. The first kappa shape index (κ1) is 29.4. The van der Waals surface area contributed by atoms with Crippen molar-refractivity contribution in [3.8, 4) is 28.7 Å². The molecule has 3 aliphatic rings. The normalized spacial score (nSPS) is 20.9. The molecule has 3 heterocycles. The lowest BCUT2D eigenvalue weighted by atomic mass is 9.69. The van der Waals surface area contributed by atoms with Crippen molar-refractivity contribution in [3.63, 3.8) is 0 Å². The van der Waals surface area contributed by atoms with Gasteiger partial charge in [-0.2, -0.15) is 0 Å². The Balaban J connectivity index is 1.43. The van der Waals surface area contributed by atoms with Crippen LogP contribution in [-0.2, 0) is 16.1 Å². The van der Waals surface area contributed by atoms with E-state index in [0.717, 1.165) is 0 Å². The van der Waals surface area contributed by atoms with Crippen molar-refractivity contribution in [1.29, 1.82) is 0 Å². The number of methoxy groups -OCH3 is 2. The molecule has 0 radical (unpaired) electrons. The maximum Gasteiger partial charge on any atom is 0.231 e. The third kappa shape index (κ3) is 4.69. The van der Waals surface area contributed by atoms with Crippen LogP contribution < -0.4 is 29.0 Å². The Morgan fingerprint density at radius 3 is 2.70 bits per heavy atom. The van der Waals surface area contributed by atoms with Crippen LogP contribution in [0.5, 0.6) is 28.7 Å². The molecular formula is C31H30ClN3O9. The average Bonchev–Trinajstić information content (AvgIpc) is 3.76. The van der Waals surface area contributed by atoms with Crippen LogP contribution in [0.4, 0.5) is 0 Å². The van der Waals surface area contributed by atoms with E-state index in [1.165, 1.54) is 20.3 Å². The fraction of sp³-hybridized carbons (Fsp3) is 0.355. The highest BCUT2D eigenvalue weighted by atomic mass is 35.5. The molecule has 12 nitrogen and oxygen atoms in total. The standard InChI is InChI=1S/C31H30ClN3O9/c1-16-10-19(36)25(29(38)31(16)30(39)26-22(40-2)13-23(41-3)27(32)28(26)44-31)18(17-4-5-20-21(11-17)43-15-42-20)12-24(37)34-7-9-35-8-6-33-14-35/h4-6,8,11,13-14,16,18,38H,7,9-10,12,15H2,1-3H3,(H,34,37). The molecule has 1 aliphatic carbocycles. The van der Waals surface area contributed by atoms with Crippen molar-refractivity contribution in [3.05, 3.63) is 70.5 Å². The number of Topliss-reactive ketones (excluding diaryl/α,β-unsaturated/α-hetero) is 2. The molecular weight excluding hydrogens is 594 g/mol. The first-order chi connectivity index (χ1) is 21.2. The summed E-state index contributed by atoms with van der Waals surface area (Å²) in [6.45, 7) is 2.46. The van der Waals surface area contributed by atoms with Crippen LogP contribution in [-0.4, -0.2) is 65.3 Å². The molecule has 3 aromatic rings. The van der Waals surface area contributed by atoms with Gasteiger partial charge in [0, 0.05) is 61.8 Å². The minimum Gasteiger partial charge on any atom is -0.507 e. The van der Waals surface area contributed by atoms with E-state index in [9.17, 15) is 19.5 Å². The van der Waals surface area contributed by atoms with E-state index in [1.54, 1.807) is 43.8 Å². The van der Waals surface area contributed by atoms with Gasteiger partial charge in [0.25, 0.3) is 0 Å². The number of hydrogen-bond donors (Lipinski definition) is 2. The van der Waals surface area contributed by atoms with Gasteiger partial charge in [-0.3, -0.25) is 14.4 Å². The highest BCUT2D eigenvalue weighted by molar-refractivity contribution is 6.35. The molecule has 3 unspecified atom stereocenters. The highest BCUT2D eigenvalue weighted by Crippen LogP contribution is 2.56. The number of carbonyl (C=O) groups excluding carboxylic acids is 3. The zero-order valence-corrected chi connectivity index (χ0v) is 25.0. The Morgan fingerprint density at radius 1 is 1.20 bits per heavy atom. The molecule has 0 saturated carbocycles.